The molecule has 4 aliphatic rings. The van der Waals surface area contributed by atoms with Crippen LogP contribution in [0.1, 0.15) is 37.8 Å². The van der Waals surface area contributed by atoms with E-state index < -0.39 is 0 Å². The van der Waals surface area contributed by atoms with E-state index in [1.807, 2.05) is 6.92 Å². The maximum atomic E-state index is 12.4. The summed E-state index contributed by atoms with van der Waals surface area (Å²) in [6.07, 6.45) is 8.34. The first-order chi connectivity index (χ1) is 10.1. The van der Waals surface area contributed by atoms with Gasteiger partial charge in [-0.3, -0.25) is 9.48 Å². The van der Waals surface area contributed by atoms with Gasteiger partial charge in [0.05, 0.1) is 16.9 Å². The van der Waals surface area contributed by atoms with Gasteiger partial charge in [-0.2, -0.15) is 5.10 Å². The lowest BCUT2D eigenvalue weighted by Crippen LogP contribution is -2.56. The zero-order valence-corrected chi connectivity index (χ0v) is 13.1. The molecule has 0 saturated heterocycles. The highest BCUT2D eigenvalue weighted by atomic mass is 35.5. The lowest BCUT2D eigenvalue weighted by atomic mass is 9.54. The van der Waals surface area contributed by atoms with Crippen molar-refractivity contribution in [3.63, 3.8) is 0 Å². The maximum Gasteiger partial charge on any atom is 0.241 e. The number of nitrogens with one attached hydrogen (secondary N) is 1. The number of amides is 1. The Morgan fingerprint density at radius 3 is 2.43 bits per heavy atom. The van der Waals surface area contributed by atoms with E-state index in [1.165, 1.54) is 32.1 Å². The summed E-state index contributed by atoms with van der Waals surface area (Å²) >= 11 is 5.99. The largest absolute Gasteiger partial charge is 0.351 e. The SMILES string of the molecule is Cc1c(Cl)cnn1CC(=O)NC1C2CC3CC(C2)CC1C3. The van der Waals surface area contributed by atoms with Crippen LogP contribution in [0.4, 0.5) is 0 Å². The molecule has 1 N–H and O–H groups in total. The molecule has 0 aromatic carbocycles. The molecule has 114 valence electrons. The van der Waals surface area contributed by atoms with Crippen molar-refractivity contribution in [3.8, 4) is 0 Å². The predicted octanol–water partition coefficient (Wildman–Crippen LogP) is 2.79. The first-order valence-corrected chi connectivity index (χ1v) is 8.45. The van der Waals surface area contributed by atoms with Crippen molar-refractivity contribution >= 4 is 17.5 Å². The molecule has 5 heteroatoms. The molecule has 4 bridgehead atoms. The third-order valence-electron chi connectivity index (χ3n) is 5.89. The fourth-order valence-electron chi connectivity index (χ4n) is 5.11. The van der Waals surface area contributed by atoms with E-state index in [9.17, 15) is 4.79 Å². The summed E-state index contributed by atoms with van der Waals surface area (Å²) in [5.74, 6) is 3.39. The van der Waals surface area contributed by atoms with Gasteiger partial charge in [-0.05, 0) is 62.7 Å². The van der Waals surface area contributed by atoms with Crippen molar-refractivity contribution in [2.75, 3.05) is 0 Å². The molecule has 0 radical (unpaired) electrons. The quantitative estimate of drug-likeness (QED) is 0.933. The van der Waals surface area contributed by atoms with Gasteiger partial charge in [-0.25, -0.2) is 0 Å². The van der Waals surface area contributed by atoms with Gasteiger partial charge in [0.15, 0.2) is 0 Å². The molecule has 4 fully saturated rings. The molecule has 1 amide bonds. The van der Waals surface area contributed by atoms with Gasteiger partial charge in [0.25, 0.3) is 0 Å². The van der Waals surface area contributed by atoms with E-state index in [0.29, 0.717) is 22.9 Å². The molecule has 5 rings (SSSR count). The van der Waals surface area contributed by atoms with Crippen molar-refractivity contribution in [2.24, 2.45) is 23.7 Å². The third kappa shape index (κ3) is 2.37. The second-order valence-corrected chi connectivity index (χ2v) is 7.67. The molecule has 0 unspecified atom stereocenters. The van der Waals surface area contributed by atoms with Crippen LogP contribution in [-0.2, 0) is 11.3 Å². The lowest BCUT2D eigenvalue weighted by molar-refractivity contribution is -0.125. The standard InChI is InChI=1S/C16H22ClN3O/c1-9-14(17)7-18-20(9)8-15(21)19-16-12-3-10-2-11(5-12)6-13(16)4-10/h7,10-13,16H,2-6,8H2,1H3,(H,19,21). The van der Waals surface area contributed by atoms with Gasteiger partial charge in [-0.15, -0.1) is 0 Å². The summed E-state index contributed by atoms with van der Waals surface area (Å²) in [4.78, 5) is 12.4. The Balaban J connectivity index is 1.42. The van der Waals surface area contributed by atoms with Crippen molar-refractivity contribution in [1.82, 2.24) is 15.1 Å². The van der Waals surface area contributed by atoms with Crippen LogP contribution in [0, 0.1) is 30.6 Å². The number of aromatic nitrogens is 2. The molecule has 21 heavy (non-hydrogen) atoms. The number of carbonyl (C=O) groups is 1. The summed E-state index contributed by atoms with van der Waals surface area (Å²) in [5.41, 5.74) is 0.858. The van der Waals surface area contributed by atoms with Crippen LogP contribution in [0.3, 0.4) is 0 Å². The van der Waals surface area contributed by atoms with Crippen molar-refractivity contribution in [1.29, 1.82) is 0 Å². The number of carbonyl (C=O) groups excluding carboxylic acids is 1. The molecule has 0 spiro atoms. The Hall–Kier alpha value is -1.03. The van der Waals surface area contributed by atoms with E-state index in [2.05, 4.69) is 10.4 Å². The molecule has 4 nitrogen and oxygen atoms in total. The van der Waals surface area contributed by atoms with Crippen LogP contribution in [0.5, 0.6) is 0 Å². The van der Waals surface area contributed by atoms with E-state index in [4.69, 9.17) is 11.6 Å². The van der Waals surface area contributed by atoms with Crippen LogP contribution in [0.15, 0.2) is 6.20 Å². The number of halogens is 1. The number of hydrogen-bond donors (Lipinski definition) is 1. The second-order valence-electron chi connectivity index (χ2n) is 7.26. The number of nitrogens with zero attached hydrogens (tertiary/aromatic N) is 2. The molecular weight excluding hydrogens is 286 g/mol. The molecule has 4 saturated carbocycles. The first-order valence-electron chi connectivity index (χ1n) is 8.07. The Kier molecular flexibility index (Phi) is 3.25. The van der Waals surface area contributed by atoms with Crippen LogP contribution in [-0.4, -0.2) is 21.7 Å². The Bertz CT molecular complexity index is 540. The van der Waals surface area contributed by atoms with Crippen LogP contribution in [0.25, 0.3) is 0 Å². The highest BCUT2D eigenvalue weighted by molar-refractivity contribution is 6.31. The minimum absolute atomic E-state index is 0.0790. The van der Waals surface area contributed by atoms with Gasteiger partial charge < -0.3 is 5.32 Å². The summed E-state index contributed by atoms with van der Waals surface area (Å²) < 4.78 is 1.69. The van der Waals surface area contributed by atoms with Crippen molar-refractivity contribution < 1.29 is 4.79 Å². The van der Waals surface area contributed by atoms with E-state index in [1.54, 1.807) is 10.9 Å². The summed E-state index contributed by atoms with van der Waals surface area (Å²) in [5, 5.41) is 8.09. The molecule has 1 aromatic heterocycles. The van der Waals surface area contributed by atoms with Crippen LogP contribution >= 0.6 is 11.6 Å². The maximum absolute atomic E-state index is 12.4. The molecule has 1 heterocycles. The average Bonchev–Trinajstić information content (AvgIpc) is 2.74. The molecule has 0 atom stereocenters. The fraction of sp³-hybridized carbons (Fsp3) is 0.750. The summed E-state index contributed by atoms with van der Waals surface area (Å²) in [6.45, 7) is 2.17. The van der Waals surface area contributed by atoms with Gasteiger partial charge in [0.1, 0.15) is 6.54 Å². The summed E-state index contributed by atoms with van der Waals surface area (Å²) in [7, 11) is 0. The van der Waals surface area contributed by atoms with Crippen LogP contribution < -0.4 is 5.32 Å². The number of rotatable bonds is 3. The third-order valence-corrected chi connectivity index (χ3v) is 6.26. The van der Waals surface area contributed by atoms with E-state index in [0.717, 1.165) is 17.5 Å². The monoisotopic (exact) mass is 307 g/mol. The number of hydrogen-bond acceptors (Lipinski definition) is 2. The molecular formula is C16H22ClN3O. The highest BCUT2D eigenvalue weighted by Crippen LogP contribution is 2.53. The Morgan fingerprint density at radius 2 is 1.90 bits per heavy atom. The predicted molar refractivity (Wildman–Crippen MR) is 80.9 cm³/mol. The average molecular weight is 308 g/mol. The topological polar surface area (TPSA) is 46.9 Å². The van der Waals surface area contributed by atoms with Crippen LogP contribution in [0.2, 0.25) is 5.02 Å². The lowest BCUT2D eigenvalue weighted by Gasteiger charge is -2.54. The van der Waals surface area contributed by atoms with Gasteiger partial charge in [-0.1, -0.05) is 11.6 Å². The summed E-state index contributed by atoms with van der Waals surface area (Å²) in [6, 6.07) is 0.400. The van der Waals surface area contributed by atoms with Crippen molar-refractivity contribution in [2.45, 2.75) is 51.6 Å². The Labute approximate surface area is 130 Å². The zero-order chi connectivity index (χ0) is 14.6. The Morgan fingerprint density at radius 1 is 1.29 bits per heavy atom. The van der Waals surface area contributed by atoms with Gasteiger partial charge in [0, 0.05) is 6.04 Å². The fourth-order valence-corrected chi connectivity index (χ4v) is 5.25. The molecule has 4 aliphatic carbocycles. The minimum atomic E-state index is 0.0790. The normalized spacial score (nSPS) is 37.0. The van der Waals surface area contributed by atoms with Gasteiger partial charge in [0.2, 0.25) is 5.91 Å². The highest BCUT2D eigenvalue weighted by Gasteiger charge is 2.48. The van der Waals surface area contributed by atoms with E-state index in [-0.39, 0.29) is 12.5 Å². The van der Waals surface area contributed by atoms with Crippen molar-refractivity contribution in [3.05, 3.63) is 16.9 Å². The second kappa shape index (κ2) is 5.01. The molecule has 1 aromatic rings. The first kappa shape index (κ1) is 13.6. The molecule has 0 aliphatic heterocycles. The van der Waals surface area contributed by atoms with Gasteiger partial charge >= 0.3 is 0 Å². The smallest absolute Gasteiger partial charge is 0.241 e. The minimum Gasteiger partial charge on any atom is -0.351 e. The zero-order valence-electron chi connectivity index (χ0n) is 12.4. The van der Waals surface area contributed by atoms with E-state index >= 15 is 0 Å².